The van der Waals surface area contributed by atoms with Crippen molar-refractivity contribution < 1.29 is 19.5 Å². The standard InChI is InChI=1S/C14H21NO4/c1-9(5-6-12(16)17)7-8-15-13(18)10-3-2-4-11(10)14(15)19/h9-11H,2-8H2,1H3,(H,16,17). The molecular formula is C14H21NO4. The molecule has 3 unspecified atom stereocenters. The second-order valence-electron chi connectivity index (χ2n) is 5.80. The maximum atomic E-state index is 12.1. The lowest BCUT2D eigenvalue weighted by Gasteiger charge is -2.18. The highest BCUT2D eigenvalue weighted by molar-refractivity contribution is 6.05. The third-order valence-corrected chi connectivity index (χ3v) is 4.38. The Labute approximate surface area is 113 Å². The molecule has 0 aromatic rings. The first-order valence-corrected chi connectivity index (χ1v) is 7.07. The zero-order valence-electron chi connectivity index (χ0n) is 11.3. The van der Waals surface area contributed by atoms with E-state index in [1.165, 1.54) is 4.90 Å². The Bertz CT molecular complexity index is 371. The SMILES string of the molecule is CC(CCC(=O)O)CCN1C(=O)C2CCCC2C1=O. The predicted octanol–water partition coefficient (Wildman–Crippen LogP) is 1.66. The first-order chi connectivity index (χ1) is 9.00. The molecule has 1 heterocycles. The zero-order chi connectivity index (χ0) is 14.0. The van der Waals surface area contributed by atoms with Crippen molar-refractivity contribution in [3.05, 3.63) is 0 Å². The fourth-order valence-electron chi connectivity index (χ4n) is 3.14. The highest BCUT2D eigenvalue weighted by Crippen LogP contribution is 2.39. The number of likely N-dealkylation sites (tertiary alicyclic amines) is 1. The molecule has 0 spiro atoms. The van der Waals surface area contributed by atoms with Gasteiger partial charge in [0.05, 0.1) is 11.8 Å². The number of amides is 2. The molecule has 1 saturated carbocycles. The molecule has 0 radical (unpaired) electrons. The van der Waals surface area contributed by atoms with E-state index in [0.29, 0.717) is 19.4 Å². The number of imide groups is 1. The average Bonchev–Trinajstić information content (AvgIpc) is 2.91. The van der Waals surface area contributed by atoms with E-state index in [-0.39, 0.29) is 36.0 Å². The highest BCUT2D eigenvalue weighted by atomic mass is 16.4. The van der Waals surface area contributed by atoms with Crippen molar-refractivity contribution >= 4 is 17.8 Å². The maximum Gasteiger partial charge on any atom is 0.303 e. The molecular weight excluding hydrogens is 246 g/mol. The van der Waals surface area contributed by atoms with Gasteiger partial charge in [0, 0.05) is 13.0 Å². The van der Waals surface area contributed by atoms with Gasteiger partial charge >= 0.3 is 5.97 Å². The summed E-state index contributed by atoms with van der Waals surface area (Å²) in [4.78, 5) is 36.1. The lowest BCUT2D eigenvalue weighted by atomic mass is 10.00. The Hall–Kier alpha value is -1.39. The van der Waals surface area contributed by atoms with E-state index in [9.17, 15) is 14.4 Å². The summed E-state index contributed by atoms with van der Waals surface area (Å²) < 4.78 is 0. The number of rotatable bonds is 6. The molecule has 1 saturated heterocycles. The molecule has 0 aromatic heterocycles. The third-order valence-electron chi connectivity index (χ3n) is 4.38. The van der Waals surface area contributed by atoms with Crippen LogP contribution in [0.4, 0.5) is 0 Å². The summed E-state index contributed by atoms with van der Waals surface area (Å²) >= 11 is 0. The Balaban J connectivity index is 1.81. The molecule has 2 amide bonds. The number of nitrogens with zero attached hydrogens (tertiary/aromatic N) is 1. The molecule has 2 fully saturated rings. The molecule has 2 aliphatic rings. The first kappa shape index (κ1) is 14.0. The molecule has 0 aromatic carbocycles. The molecule has 5 heteroatoms. The summed E-state index contributed by atoms with van der Waals surface area (Å²) in [7, 11) is 0. The van der Waals surface area contributed by atoms with Crippen molar-refractivity contribution in [2.24, 2.45) is 17.8 Å². The van der Waals surface area contributed by atoms with E-state index in [2.05, 4.69) is 0 Å². The van der Waals surface area contributed by atoms with Gasteiger partial charge in [-0.3, -0.25) is 19.3 Å². The lowest BCUT2D eigenvalue weighted by Crippen LogP contribution is -2.33. The van der Waals surface area contributed by atoms with Crippen LogP contribution < -0.4 is 0 Å². The minimum atomic E-state index is -0.797. The lowest BCUT2D eigenvalue weighted by molar-refractivity contribution is -0.141. The molecule has 106 valence electrons. The van der Waals surface area contributed by atoms with Crippen LogP contribution >= 0.6 is 0 Å². The monoisotopic (exact) mass is 267 g/mol. The van der Waals surface area contributed by atoms with Gasteiger partial charge in [0.15, 0.2) is 0 Å². The van der Waals surface area contributed by atoms with E-state index in [0.717, 1.165) is 19.3 Å². The quantitative estimate of drug-likeness (QED) is 0.743. The Morgan fingerprint density at radius 3 is 2.37 bits per heavy atom. The van der Waals surface area contributed by atoms with E-state index in [1.54, 1.807) is 0 Å². The second kappa shape index (κ2) is 5.72. The molecule has 1 aliphatic carbocycles. The van der Waals surface area contributed by atoms with Crippen LogP contribution in [0, 0.1) is 17.8 Å². The van der Waals surface area contributed by atoms with Crippen molar-refractivity contribution in [2.75, 3.05) is 6.54 Å². The Kier molecular flexibility index (Phi) is 4.22. The summed E-state index contributed by atoms with van der Waals surface area (Å²) in [5.41, 5.74) is 0. The topological polar surface area (TPSA) is 74.7 Å². The minimum Gasteiger partial charge on any atom is -0.481 e. The number of aliphatic carboxylic acids is 1. The first-order valence-electron chi connectivity index (χ1n) is 7.07. The van der Waals surface area contributed by atoms with Gasteiger partial charge in [0.1, 0.15) is 0 Å². The van der Waals surface area contributed by atoms with E-state index in [1.807, 2.05) is 6.92 Å². The van der Waals surface area contributed by atoms with Gasteiger partial charge in [-0.15, -0.1) is 0 Å². The van der Waals surface area contributed by atoms with Crippen LogP contribution in [0.2, 0.25) is 0 Å². The van der Waals surface area contributed by atoms with Crippen LogP contribution in [0.5, 0.6) is 0 Å². The predicted molar refractivity (Wildman–Crippen MR) is 68.2 cm³/mol. The molecule has 0 bridgehead atoms. The van der Waals surface area contributed by atoms with Crippen LogP contribution in [0.1, 0.15) is 45.4 Å². The number of carbonyl (C=O) groups is 3. The van der Waals surface area contributed by atoms with Gasteiger partial charge in [-0.25, -0.2) is 0 Å². The van der Waals surface area contributed by atoms with Crippen LogP contribution in [0.15, 0.2) is 0 Å². The average molecular weight is 267 g/mol. The van der Waals surface area contributed by atoms with E-state index < -0.39 is 5.97 Å². The van der Waals surface area contributed by atoms with Crippen LogP contribution in [-0.2, 0) is 14.4 Å². The minimum absolute atomic E-state index is 0.00191. The summed E-state index contributed by atoms with van der Waals surface area (Å²) in [5, 5.41) is 8.62. The van der Waals surface area contributed by atoms with Gasteiger partial charge < -0.3 is 5.11 Å². The second-order valence-corrected chi connectivity index (χ2v) is 5.80. The molecule has 19 heavy (non-hydrogen) atoms. The molecule has 5 nitrogen and oxygen atoms in total. The number of fused-ring (bicyclic) bond motifs is 1. The summed E-state index contributed by atoms with van der Waals surface area (Å²) in [5.74, 6) is -0.716. The third kappa shape index (κ3) is 2.96. The van der Waals surface area contributed by atoms with Crippen LogP contribution in [0.3, 0.4) is 0 Å². The molecule has 1 N–H and O–H groups in total. The van der Waals surface area contributed by atoms with Crippen molar-refractivity contribution in [3.8, 4) is 0 Å². The number of carboxylic acid groups (broad SMARTS) is 1. The van der Waals surface area contributed by atoms with Gasteiger partial charge in [-0.05, 0) is 31.6 Å². The fraction of sp³-hybridized carbons (Fsp3) is 0.786. The van der Waals surface area contributed by atoms with Crippen LogP contribution in [0.25, 0.3) is 0 Å². The fourth-order valence-corrected chi connectivity index (χ4v) is 3.14. The number of hydrogen-bond donors (Lipinski definition) is 1. The maximum absolute atomic E-state index is 12.1. The largest absolute Gasteiger partial charge is 0.481 e. The van der Waals surface area contributed by atoms with Gasteiger partial charge in [-0.2, -0.15) is 0 Å². The summed E-state index contributed by atoms with van der Waals surface area (Å²) in [6.45, 7) is 2.42. The number of carbonyl (C=O) groups excluding carboxylic acids is 2. The van der Waals surface area contributed by atoms with Gasteiger partial charge in [-0.1, -0.05) is 13.3 Å². The molecule has 1 aliphatic heterocycles. The van der Waals surface area contributed by atoms with Crippen molar-refractivity contribution in [1.29, 1.82) is 0 Å². The molecule has 2 rings (SSSR count). The number of hydrogen-bond acceptors (Lipinski definition) is 3. The highest BCUT2D eigenvalue weighted by Gasteiger charge is 2.49. The van der Waals surface area contributed by atoms with Gasteiger partial charge in [0.25, 0.3) is 0 Å². The van der Waals surface area contributed by atoms with Crippen molar-refractivity contribution in [2.45, 2.75) is 45.4 Å². The van der Waals surface area contributed by atoms with Crippen molar-refractivity contribution in [3.63, 3.8) is 0 Å². The van der Waals surface area contributed by atoms with Crippen molar-refractivity contribution in [1.82, 2.24) is 4.90 Å². The van der Waals surface area contributed by atoms with Crippen LogP contribution in [-0.4, -0.2) is 34.3 Å². The normalized spacial score (nSPS) is 27.7. The summed E-state index contributed by atoms with van der Waals surface area (Å²) in [6.07, 6.45) is 4.12. The Morgan fingerprint density at radius 2 is 1.84 bits per heavy atom. The zero-order valence-corrected chi connectivity index (χ0v) is 11.3. The van der Waals surface area contributed by atoms with E-state index in [4.69, 9.17) is 5.11 Å². The summed E-state index contributed by atoms with van der Waals surface area (Å²) in [6, 6.07) is 0. The molecule has 3 atom stereocenters. The van der Waals surface area contributed by atoms with Gasteiger partial charge in [0.2, 0.25) is 11.8 Å². The Morgan fingerprint density at radius 1 is 1.26 bits per heavy atom. The van der Waals surface area contributed by atoms with E-state index >= 15 is 0 Å². The smallest absolute Gasteiger partial charge is 0.303 e. The number of carboxylic acids is 1.